The minimum Gasteiger partial charge on any atom is -0.410 e. The SMILES string of the molecule is CCc1ccc(C2NC(=O)Oc3ccc4ccccc4c32)cc1. The van der Waals surface area contributed by atoms with E-state index in [1.165, 1.54) is 5.56 Å². The average molecular weight is 303 g/mol. The number of carbonyl (C=O) groups excluding carboxylic acids is 1. The van der Waals surface area contributed by atoms with Crippen LogP contribution in [0.15, 0.2) is 60.7 Å². The summed E-state index contributed by atoms with van der Waals surface area (Å²) in [5, 5.41) is 5.20. The van der Waals surface area contributed by atoms with Crippen LogP contribution in [0.5, 0.6) is 5.75 Å². The molecule has 0 saturated heterocycles. The van der Waals surface area contributed by atoms with Crippen molar-refractivity contribution in [2.45, 2.75) is 19.4 Å². The minimum absolute atomic E-state index is 0.191. The Morgan fingerprint density at radius 3 is 2.57 bits per heavy atom. The number of hydrogen-bond acceptors (Lipinski definition) is 2. The second kappa shape index (κ2) is 5.43. The van der Waals surface area contributed by atoms with E-state index in [-0.39, 0.29) is 6.04 Å². The van der Waals surface area contributed by atoms with Gasteiger partial charge in [-0.25, -0.2) is 4.79 Å². The summed E-state index contributed by atoms with van der Waals surface area (Å²) in [6.07, 6.45) is 0.595. The molecule has 1 amide bonds. The summed E-state index contributed by atoms with van der Waals surface area (Å²) in [4.78, 5) is 11.9. The molecule has 1 unspecified atom stereocenters. The van der Waals surface area contributed by atoms with Gasteiger partial charge in [0.05, 0.1) is 6.04 Å². The standard InChI is InChI=1S/C20H17NO2/c1-2-13-7-9-15(10-8-13)19-18-16-6-4-3-5-14(16)11-12-17(18)23-20(22)21-19/h3-12,19H,2H2,1H3,(H,21,22). The molecule has 1 aliphatic rings. The highest BCUT2D eigenvalue weighted by atomic mass is 16.6. The van der Waals surface area contributed by atoms with Crippen molar-refractivity contribution < 1.29 is 9.53 Å². The maximum Gasteiger partial charge on any atom is 0.413 e. The van der Waals surface area contributed by atoms with Gasteiger partial charge in [-0.1, -0.05) is 61.5 Å². The van der Waals surface area contributed by atoms with Crippen molar-refractivity contribution in [3.63, 3.8) is 0 Å². The van der Waals surface area contributed by atoms with E-state index in [2.05, 4.69) is 48.6 Å². The van der Waals surface area contributed by atoms with Crippen LogP contribution in [-0.4, -0.2) is 6.09 Å². The van der Waals surface area contributed by atoms with Gasteiger partial charge in [0, 0.05) is 5.56 Å². The van der Waals surface area contributed by atoms with Crippen molar-refractivity contribution in [1.29, 1.82) is 0 Å². The van der Waals surface area contributed by atoms with Gasteiger partial charge in [-0.3, -0.25) is 0 Å². The molecule has 0 fully saturated rings. The van der Waals surface area contributed by atoms with Gasteiger partial charge in [0.15, 0.2) is 0 Å². The monoisotopic (exact) mass is 303 g/mol. The Kier molecular flexibility index (Phi) is 3.27. The zero-order valence-electron chi connectivity index (χ0n) is 12.9. The molecule has 0 radical (unpaired) electrons. The molecule has 0 bridgehead atoms. The number of ether oxygens (including phenoxy) is 1. The highest BCUT2D eigenvalue weighted by molar-refractivity contribution is 5.91. The Morgan fingerprint density at radius 1 is 1.00 bits per heavy atom. The van der Waals surface area contributed by atoms with Crippen LogP contribution in [0.4, 0.5) is 4.79 Å². The highest BCUT2D eigenvalue weighted by Crippen LogP contribution is 2.38. The van der Waals surface area contributed by atoms with Gasteiger partial charge < -0.3 is 10.1 Å². The van der Waals surface area contributed by atoms with Crippen molar-refractivity contribution in [2.24, 2.45) is 0 Å². The molecule has 0 aliphatic carbocycles. The molecule has 0 saturated carbocycles. The molecular weight excluding hydrogens is 286 g/mol. The van der Waals surface area contributed by atoms with E-state index in [1.807, 2.05) is 24.3 Å². The molecule has 114 valence electrons. The van der Waals surface area contributed by atoms with Crippen molar-refractivity contribution in [3.8, 4) is 5.75 Å². The molecule has 1 heterocycles. The lowest BCUT2D eigenvalue weighted by Gasteiger charge is -2.28. The number of nitrogens with one attached hydrogen (secondary N) is 1. The van der Waals surface area contributed by atoms with E-state index in [0.29, 0.717) is 5.75 Å². The molecule has 4 rings (SSSR count). The van der Waals surface area contributed by atoms with E-state index in [0.717, 1.165) is 28.3 Å². The molecule has 3 heteroatoms. The summed E-state index contributed by atoms with van der Waals surface area (Å²) >= 11 is 0. The Labute approximate surface area is 134 Å². The van der Waals surface area contributed by atoms with Gasteiger partial charge in [-0.15, -0.1) is 0 Å². The zero-order chi connectivity index (χ0) is 15.8. The van der Waals surface area contributed by atoms with Crippen LogP contribution in [-0.2, 0) is 6.42 Å². The van der Waals surface area contributed by atoms with Crippen LogP contribution < -0.4 is 10.1 Å². The third-order valence-electron chi connectivity index (χ3n) is 4.41. The van der Waals surface area contributed by atoms with Crippen molar-refractivity contribution in [1.82, 2.24) is 5.32 Å². The summed E-state index contributed by atoms with van der Waals surface area (Å²) in [6.45, 7) is 2.13. The second-order valence-electron chi connectivity index (χ2n) is 5.76. The fraction of sp³-hybridized carbons (Fsp3) is 0.150. The third kappa shape index (κ3) is 2.34. The van der Waals surface area contributed by atoms with Crippen LogP contribution in [0.1, 0.15) is 29.7 Å². The predicted octanol–water partition coefficient (Wildman–Crippen LogP) is 4.59. The number of carbonyl (C=O) groups is 1. The molecule has 1 atom stereocenters. The lowest BCUT2D eigenvalue weighted by atomic mass is 9.91. The van der Waals surface area contributed by atoms with Gasteiger partial charge in [-0.05, 0) is 34.4 Å². The molecule has 3 aromatic carbocycles. The normalized spacial score (nSPS) is 16.6. The molecule has 3 nitrogen and oxygen atoms in total. The van der Waals surface area contributed by atoms with Crippen LogP contribution in [0.2, 0.25) is 0 Å². The number of fused-ring (bicyclic) bond motifs is 3. The van der Waals surface area contributed by atoms with E-state index in [4.69, 9.17) is 4.74 Å². The topological polar surface area (TPSA) is 38.3 Å². The first-order valence-corrected chi connectivity index (χ1v) is 7.85. The smallest absolute Gasteiger partial charge is 0.410 e. The van der Waals surface area contributed by atoms with Gasteiger partial charge in [0.25, 0.3) is 0 Å². The summed E-state index contributed by atoms with van der Waals surface area (Å²) in [5.74, 6) is 0.636. The van der Waals surface area contributed by atoms with Crippen molar-refractivity contribution in [2.75, 3.05) is 0 Å². The number of aryl methyl sites for hydroxylation is 1. The molecule has 1 aliphatic heterocycles. The fourth-order valence-corrected chi connectivity index (χ4v) is 3.18. The van der Waals surface area contributed by atoms with Crippen molar-refractivity contribution in [3.05, 3.63) is 77.4 Å². The summed E-state index contributed by atoms with van der Waals surface area (Å²) in [6, 6.07) is 20.2. The maximum atomic E-state index is 11.9. The summed E-state index contributed by atoms with van der Waals surface area (Å²) in [5.41, 5.74) is 3.37. The van der Waals surface area contributed by atoms with E-state index in [9.17, 15) is 4.79 Å². The van der Waals surface area contributed by atoms with Gasteiger partial charge in [0.2, 0.25) is 0 Å². The predicted molar refractivity (Wildman–Crippen MR) is 90.8 cm³/mol. The quantitative estimate of drug-likeness (QED) is 0.751. The Balaban J connectivity index is 1.91. The zero-order valence-corrected chi connectivity index (χ0v) is 12.9. The lowest BCUT2D eigenvalue weighted by Crippen LogP contribution is -2.36. The van der Waals surface area contributed by atoms with E-state index < -0.39 is 6.09 Å². The maximum absolute atomic E-state index is 11.9. The first-order chi connectivity index (χ1) is 11.3. The van der Waals surface area contributed by atoms with Crippen molar-refractivity contribution >= 4 is 16.9 Å². The minimum atomic E-state index is -0.405. The molecule has 23 heavy (non-hydrogen) atoms. The Hall–Kier alpha value is -2.81. The van der Waals surface area contributed by atoms with Crippen LogP contribution in [0.25, 0.3) is 10.8 Å². The Morgan fingerprint density at radius 2 is 1.78 bits per heavy atom. The van der Waals surface area contributed by atoms with Gasteiger partial charge >= 0.3 is 6.09 Å². The summed E-state index contributed by atoms with van der Waals surface area (Å²) in [7, 11) is 0. The number of hydrogen-bond donors (Lipinski definition) is 1. The fourth-order valence-electron chi connectivity index (χ4n) is 3.18. The van der Waals surface area contributed by atoms with Crippen LogP contribution >= 0.6 is 0 Å². The van der Waals surface area contributed by atoms with Crippen LogP contribution in [0.3, 0.4) is 0 Å². The number of rotatable bonds is 2. The average Bonchev–Trinajstić information content (AvgIpc) is 2.60. The second-order valence-corrected chi connectivity index (χ2v) is 5.76. The Bertz CT molecular complexity index is 884. The number of amides is 1. The first kappa shape index (κ1) is 13.8. The largest absolute Gasteiger partial charge is 0.413 e. The first-order valence-electron chi connectivity index (χ1n) is 7.85. The molecular formula is C20H17NO2. The lowest BCUT2D eigenvalue weighted by molar-refractivity contribution is 0.191. The van der Waals surface area contributed by atoms with Crippen LogP contribution in [0, 0.1) is 0 Å². The van der Waals surface area contributed by atoms with E-state index in [1.54, 1.807) is 0 Å². The third-order valence-corrected chi connectivity index (χ3v) is 4.41. The molecule has 0 spiro atoms. The molecule has 3 aromatic rings. The highest BCUT2D eigenvalue weighted by Gasteiger charge is 2.29. The molecule has 1 N–H and O–H groups in total. The summed E-state index contributed by atoms with van der Waals surface area (Å²) < 4.78 is 5.39. The van der Waals surface area contributed by atoms with Gasteiger partial charge in [-0.2, -0.15) is 0 Å². The number of benzene rings is 3. The van der Waals surface area contributed by atoms with E-state index >= 15 is 0 Å². The molecule has 0 aromatic heterocycles. The van der Waals surface area contributed by atoms with Gasteiger partial charge in [0.1, 0.15) is 5.75 Å².